The van der Waals surface area contributed by atoms with Crippen LogP contribution in [0.25, 0.3) is 0 Å². The van der Waals surface area contributed by atoms with E-state index in [9.17, 15) is 4.79 Å². The van der Waals surface area contributed by atoms with Gasteiger partial charge < -0.3 is 15.4 Å². The first-order valence-electron chi connectivity index (χ1n) is 6.48. The summed E-state index contributed by atoms with van der Waals surface area (Å²) in [6.45, 7) is 2.21. The third-order valence-corrected chi connectivity index (χ3v) is 3.86. The predicted octanol–water partition coefficient (Wildman–Crippen LogP) is 2.16. The van der Waals surface area contributed by atoms with Crippen LogP contribution in [-0.2, 0) is 0 Å². The zero-order valence-corrected chi connectivity index (χ0v) is 11.8. The number of nitrogens with two attached hydrogens (primary N) is 1. The average molecular weight is 283 g/mol. The summed E-state index contributed by atoms with van der Waals surface area (Å²) in [6.07, 6.45) is 1.94. The molecule has 2 N–H and O–H groups in total. The van der Waals surface area contributed by atoms with Gasteiger partial charge in [-0.05, 0) is 43.5 Å². The topological polar surface area (TPSA) is 55.6 Å². The highest BCUT2D eigenvalue weighted by Gasteiger charge is 2.24. The molecule has 0 aromatic heterocycles. The summed E-state index contributed by atoms with van der Waals surface area (Å²) in [4.78, 5) is 14.3. The Morgan fingerprint density at radius 2 is 2.16 bits per heavy atom. The summed E-state index contributed by atoms with van der Waals surface area (Å²) < 4.78 is 5.23. The summed E-state index contributed by atoms with van der Waals surface area (Å²) in [5, 5.41) is 0.565. The molecule has 0 atom stereocenters. The molecule has 1 saturated heterocycles. The number of carbonyl (C=O) groups is 1. The second kappa shape index (κ2) is 6.26. The van der Waals surface area contributed by atoms with Gasteiger partial charge in [-0.15, -0.1) is 0 Å². The molecule has 1 amide bonds. The van der Waals surface area contributed by atoms with Gasteiger partial charge in [-0.25, -0.2) is 0 Å². The van der Waals surface area contributed by atoms with E-state index in [1.165, 1.54) is 0 Å². The fourth-order valence-corrected chi connectivity index (χ4v) is 2.55. The number of nitrogens with zero attached hydrogens (tertiary/aromatic N) is 1. The fraction of sp³-hybridized carbons (Fsp3) is 0.500. The van der Waals surface area contributed by atoms with Crippen molar-refractivity contribution in [1.82, 2.24) is 4.90 Å². The Kier molecular flexibility index (Phi) is 4.66. The Bertz CT molecular complexity index is 457. The molecule has 1 aliphatic rings. The van der Waals surface area contributed by atoms with E-state index in [-0.39, 0.29) is 5.91 Å². The Hall–Kier alpha value is -1.26. The first kappa shape index (κ1) is 14.2. The smallest absolute Gasteiger partial charge is 0.257 e. The number of likely N-dealkylation sites (tertiary alicyclic amines) is 1. The van der Waals surface area contributed by atoms with Gasteiger partial charge in [0.15, 0.2) is 0 Å². The van der Waals surface area contributed by atoms with E-state index in [2.05, 4.69) is 0 Å². The van der Waals surface area contributed by atoms with Crippen molar-refractivity contribution in [3.63, 3.8) is 0 Å². The lowest BCUT2D eigenvalue weighted by Gasteiger charge is -2.31. The van der Waals surface area contributed by atoms with Crippen molar-refractivity contribution in [2.45, 2.75) is 12.8 Å². The number of ether oxygens (including phenoxy) is 1. The highest BCUT2D eigenvalue weighted by Crippen LogP contribution is 2.26. The molecule has 0 aliphatic carbocycles. The van der Waals surface area contributed by atoms with E-state index in [1.807, 2.05) is 4.90 Å². The van der Waals surface area contributed by atoms with E-state index < -0.39 is 0 Å². The Morgan fingerprint density at radius 1 is 1.47 bits per heavy atom. The molecule has 4 nitrogen and oxygen atoms in total. The molecule has 0 saturated carbocycles. The molecule has 5 heteroatoms. The van der Waals surface area contributed by atoms with Crippen molar-refractivity contribution >= 4 is 17.5 Å². The third kappa shape index (κ3) is 3.19. The summed E-state index contributed by atoms with van der Waals surface area (Å²) >= 11 is 5.91. The van der Waals surface area contributed by atoms with Crippen LogP contribution in [0, 0.1) is 5.92 Å². The maximum absolute atomic E-state index is 12.5. The largest absolute Gasteiger partial charge is 0.496 e. The van der Waals surface area contributed by atoms with Gasteiger partial charge >= 0.3 is 0 Å². The molecular formula is C14H19ClN2O2. The van der Waals surface area contributed by atoms with E-state index in [0.717, 1.165) is 25.9 Å². The molecule has 1 fully saturated rings. The lowest BCUT2D eigenvalue weighted by Crippen LogP contribution is -2.40. The predicted molar refractivity (Wildman–Crippen MR) is 75.7 cm³/mol. The third-order valence-electron chi connectivity index (χ3n) is 3.63. The van der Waals surface area contributed by atoms with Crippen LogP contribution >= 0.6 is 11.6 Å². The van der Waals surface area contributed by atoms with Gasteiger partial charge in [-0.1, -0.05) is 11.6 Å². The van der Waals surface area contributed by atoms with Gasteiger partial charge in [-0.2, -0.15) is 0 Å². The highest BCUT2D eigenvalue weighted by atomic mass is 35.5. The van der Waals surface area contributed by atoms with Crippen molar-refractivity contribution in [1.29, 1.82) is 0 Å². The van der Waals surface area contributed by atoms with Crippen molar-refractivity contribution in [3.8, 4) is 5.75 Å². The molecule has 1 heterocycles. The lowest BCUT2D eigenvalue weighted by atomic mass is 9.96. The van der Waals surface area contributed by atoms with Crippen LogP contribution < -0.4 is 10.5 Å². The van der Waals surface area contributed by atoms with Crippen LogP contribution in [0.3, 0.4) is 0 Å². The van der Waals surface area contributed by atoms with Gasteiger partial charge in [0, 0.05) is 18.1 Å². The van der Waals surface area contributed by atoms with Crippen LogP contribution in [0.4, 0.5) is 0 Å². The molecule has 19 heavy (non-hydrogen) atoms. The number of methoxy groups -OCH3 is 1. The number of hydrogen-bond donors (Lipinski definition) is 1. The van der Waals surface area contributed by atoms with Crippen molar-refractivity contribution in [2.75, 3.05) is 26.7 Å². The molecule has 1 aromatic carbocycles. The molecule has 0 bridgehead atoms. The maximum Gasteiger partial charge on any atom is 0.257 e. The number of halogens is 1. The standard InChI is InChI=1S/C14H19ClN2O2/c1-19-13-8-11(15)2-3-12(13)14(18)17-6-4-10(9-16)5-7-17/h2-3,8,10H,4-7,9,16H2,1H3. The number of piperidine rings is 1. The summed E-state index contributed by atoms with van der Waals surface area (Å²) in [5.74, 6) is 1.07. The van der Waals surface area contributed by atoms with Gasteiger partial charge in [0.2, 0.25) is 0 Å². The number of hydrogen-bond acceptors (Lipinski definition) is 3. The van der Waals surface area contributed by atoms with E-state index in [4.69, 9.17) is 22.1 Å². The Morgan fingerprint density at radius 3 is 2.74 bits per heavy atom. The van der Waals surface area contributed by atoms with E-state index >= 15 is 0 Å². The maximum atomic E-state index is 12.5. The summed E-state index contributed by atoms with van der Waals surface area (Å²) in [5.41, 5.74) is 6.23. The Labute approximate surface area is 118 Å². The molecular weight excluding hydrogens is 264 g/mol. The molecule has 2 rings (SSSR count). The number of carbonyl (C=O) groups excluding carboxylic acids is 1. The van der Waals surface area contributed by atoms with E-state index in [1.54, 1.807) is 25.3 Å². The average Bonchev–Trinajstić information content (AvgIpc) is 2.46. The van der Waals surface area contributed by atoms with Gasteiger partial charge in [0.05, 0.1) is 12.7 Å². The van der Waals surface area contributed by atoms with Crippen LogP contribution in [0.1, 0.15) is 23.2 Å². The number of amides is 1. The summed E-state index contributed by atoms with van der Waals surface area (Å²) in [6, 6.07) is 5.10. The molecule has 104 valence electrons. The van der Waals surface area contributed by atoms with Crippen molar-refractivity contribution in [3.05, 3.63) is 28.8 Å². The fourth-order valence-electron chi connectivity index (χ4n) is 2.38. The monoisotopic (exact) mass is 282 g/mol. The van der Waals surface area contributed by atoms with Crippen molar-refractivity contribution in [2.24, 2.45) is 11.7 Å². The molecule has 0 unspecified atom stereocenters. The van der Waals surface area contributed by atoms with Gasteiger partial charge in [0.25, 0.3) is 5.91 Å². The zero-order valence-electron chi connectivity index (χ0n) is 11.1. The van der Waals surface area contributed by atoms with Crippen LogP contribution in [0.2, 0.25) is 5.02 Å². The molecule has 0 spiro atoms. The van der Waals surface area contributed by atoms with Crippen LogP contribution in [0.15, 0.2) is 18.2 Å². The Balaban J connectivity index is 2.12. The molecule has 1 aliphatic heterocycles. The first-order chi connectivity index (χ1) is 9.15. The summed E-state index contributed by atoms with van der Waals surface area (Å²) in [7, 11) is 1.54. The van der Waals surface area contributed by atoms with Crippen LogP contribution in [-0.4, -0.2) is 37.6 Å². The minimum absolute atomic E-state index is 0.00369. The zero-order chi connectivity index (χ0) is 13.8. The molecule has 1 aromatic rings. The quantitative estimate of drug-likeness (QED) is 0.924. The van der Waals surface area contributed by atoms with Gasteiger partial charge in [0.1, 0.15) is 5.75 Å². The normalized spacial score (nSPS) is 16.5. The second-order valence-corrected chi connectivity index (χ2v) is 5.25. The van der Waals surface area contributed by atoms with Crippen LogP contribution in [0.5, 0.6) is 5.75 Å². The minimum Gasteiger partial charge on any atom is -0.496 e. The SMILES string of the molecule is COc1cc(Cl)ccc1C(=O)N1CCC(CN)CC1. The van der Waals surface area contributed by atoms with Gasteiger partial charge in [-0.3, -0.25) is 4.79 Å². The van der Waals surface area contributed by atoms with E-state index in [0.29, 0.717) is 28.8 Å². The lowest BCUT2D eigenvalue weighted by molar-refractivity contribution is 0.0690. The molecule has 0 radical (unpaired) electrons. The number of benzene rings is 1. The highest BCUT2D eigenvalue weighted by molar-refractivity contribution is 6.30. The minimum atomic E-state index is 0.00369. The second-order valence-electron chi connectivity index (χ2n) is 4.82. The number of rotatable bonds is 3. The first-order valence-corrected chi connectivity index (χ1v) is 6.86. The van der Waals surface area contributed by atoms with Crippen molar-refractivity contribution < 1.29 is 9.53 Å².